The molecule has 21 heavy (non-hydrogen) atoms. The molecule has 0 fully saturated rings. The fourth-order valence-corrected chi connectivity index (χ4v) is 1.87. The molecule has 1 aromatic rings. The number of para-hydroxylation sites is 1. The Morgan fingerprint density at radius 1 is 1.19 bits per heavy atom. The number of carbonyl (C=O) groups is 2. The van der Waals surface area contributed by atoms with E-state index < -0.39 is 12.0 Å². The molecule has 0 saturated carbocycles. The molecule has 0 saturated heterocycles. The van der Waals surface area contributed by atoms with Crippen LogP contribution in [0.5, 0.6) is 11.5 Å². The standard InChI is InChI=1S/C14H20N2O5/c1-16(9-12(17)15-14(18)21-4)8-10-6-5-7-11(19-2)13(10)20-3/h5-7H,8-9H2,1-4H3,(H,15,17,18). The minimum absolute atomic E-state index is 0.0511. The zero-order valence-corrected chi connectivity index (χ0v) is 12.6. The number of imide groups is 1. The molecular formula is C14H20N2O5. The van der Waals surface area contributed by atoms with Crippen molar-refractivity contribution in [2.24, 2.45) is 0 Å². The predicted molar refractivity (Wildman–Crippen MR) is 76.4 cm³/mol. The number of carbonyl (C=O) groups excluding carboxylic acids is 2. The Morgan fingerprint density at radius 3 is 2.48 bits per heavy atom. The van der Waals surface area contributed by atoms with Crippen molar-refractivity contribution in [3.63, 3.8) is 0 Å². The molecule has 1 N–H and O–H groups in total. The van der Waals surface area contributed by atoms with E-state index in [9.17, 15) is 9.59 Å². The minimum Gasteiger partial charge on any atom is -0.493 e. The summed E-state index contributed by atoms with van der Waals surface area (Å²) in [6.45, 7) is 0.518. The van der Waals surface area contributed by atoms with Gasteiger partial charge in [-0.05, 0) is 13.1 Å². The van der Waals surface area contributed by atoms with Crippen molar-refractivity contribution in [2.45, 2.75) is 6.54 Å². The molecule has 0 aromatic heterocycles. The van der Waals surface area contributed by atoms with Crippen LogP contribution in [0.4, 0.5) is 4.79 Å². The van der Waals surface area contributed by atoms with Crippen LogP contribution in [0.25, 0.3) is 0 Å². The zero-order chi connectivity index (χ0) is 15.8. The molecule has 116 valence electrons. The van der Waals surface area contributed by atoms with Crippen LogP contribution in [0.3, 0.4) is 0 Å². The fourth-order valence-electron chi connectivity index (χ4n) is 1.87. The second-order valence-electron chi connectivity index (χ2n) is 4.36. The number of alkyl carbamates (subject to hydrolysis) is 1. The number of amides is 2. The highest BCUT2D eigenvalue weighted by molar-refractivity contribution is 5.92. The molecule has 7 heteroatoms. The molecule has 0 aliphatic rings. The Morgan fingerprint density at radius 2 is 1.90 bits per heavy atom. The maximum atomic E-state index is 11.6. The Labute approximate surface area is 123 Å². The number of hydrogen-bond acceptors (Lipinski definition) is 6. The van der Waals surface area contributed by atoms with E-state index in [1.54, 1.807) is 32.2 Å². The van der Waals surface area contributed by atoms with Gasteiger partial charge >= 0.3 is 6.09 Å². The van der Waals surface area contributed by atoms with E-state index in [1.807, 2.05) is 12.1 Å². The van der Waals surface area contributed by atoms with Crippen LogP contribution in [-0.4, -0.2) is 51.8 Å². The summed E-state index contributed by atoms with van der Waals surface area (Å²) >= 11 is 0. The first-order valence-corrected chi connectivity index (χ1v) is 6.28. The Balaban J connectivity index is 2.68. The van der Waals surface area contributed by atoms with Crippen molar-refractivity contribution < 1.29 is 23.8 Å². The molecule has 1 aromatic carbocycles. The number of hydrogen-bond donors (Lipinski definition) is 1. The molecule has 2 amide bonds. The lowest BCUT2D eigenvalue weighted by atomic mass is 10.1. The van der Waals surface area contributed by atoms with Gasteiger partial charge < -0.3 is 14.2 Å². The highest BCUT2D eigenvalue weighted by Crippen LogP contribution is 2.31. The largest absolute Gasteiger partial charge is 0.493 e. The van der Waals surface area contributed by atoms with Gasteiger partial charge in [0.05, 0.1) is 27.9 Å². The van der Waals surface area contributed by atoms with Crippen LogP contribution in [0, 0.1) is 0 Å². The first kappa shape index (κ1) is 16.8. The average Bonchev–Trinajstić information content (AvgIpc) is 2.46. The van der Waals surface area contributed by atoms with E-state index in [0.717, 1.165) is 5.56 Å². The third kappa shape index (κ3) is 4.96. The van der Waals surface area contributed by atoms with Gasteiger partial charge in [-0.1, -0.05) is 12.1 Å². The van der Waals surface area contributed by atoms with Crippen LogP contribution < -0.4 is 14.8 Å². The summed E-state index contributed by atoms with van der Waals surface area (Å²) in [7, 11) is 6.09. The molecule has 0 bridgehead atoms. The van der Waals surface area contributed by atoms with E-state index in [1.165, 1.54) is 7.11 Å². The van der Waals surface area contributed by atoms with E-state index in [-0.39, 0.29) is 6.54 Å². The van der Waals surface area contributed by atoms with Crippen molar-refractivity contribution in [2.75, 3.05) is 34.9 Å². The first-order chi connectivity index (χ1) is 10.0. The molecule has 7 nitrogen and oxygen atoms in total. The van der Waals surface area contributed by atoms with Crippen molar-refractivity contribution >= 4 is 12.0 Å². The topological polar surface area (TPSA) is 77.1 Å². The summed E-state index contributed by atoms with van der Waals surface area (Å²) in [5, 5.41) is 2.10. The summed E-state index contributed by atoms with van der Waals surface area (Å²) in [6.07, 6.45) is -0.771. The van der Waals surface area contributed by atoms with Crippen LogP contribution in [0.1, 0.15) is 5.56 Å². The van der Waals surface area contributed by atoms with Gasteiger partial charge in [0, 0.05) is 12.1 Å². The number of rotatable bonds is 6. The third-order valence-corrected chi connectivity index (χ3v) is 2.77. The van der Waals surface area contributed by atoms with Gasteiger partial charge in [0.15, 0.2) is 11.5 Å². The molecule has 1 rings (SSSR count). The average molecular weight is 296 g/mol. The van der Waals surface area contributed by atoms with Crippen LogP contribution >= 0.6 is 0 Å². The van der Waals surface area contributed by atoms with E-state index in [0.29, 0.717) is 18.0 Å². The lowest BCUT2D eigenvalue weighted by Crippen LogP contribution is -2.38. The molecule has 0 atom stereocenters. The molecule has 0 spiro atoms. The fraction of sp³-hybridized carbons (Fsp3) is 0.429. The van der Waals surface area contributed by atoms with Crippen molar-refractivity contribution in [3.05, 3.63) is 23.8 Å². The highest BCUT2D eigenvalue weighted by atomic mass is 16.5. The Bertz CT molecular complexity index is 504. The molecule has 0 radical (unpaired) electrons. The lowest BCUT2D eigenvalue weighted by Gasteiger charge is -2.18. The van der Waals surface area contributed by atoms with E-state index in [4.69, 9.17) is 9.47 Å². The first-order valence-electron chi connectivity index (χ1n) is 6.28. The van der Waals surface area contributed by atoms with Gasteiger partial charge in [-0.15, -0.1) is 0 Å². The Hall–Kier alpha value is -2.28. The van der Waals surface area contributed by atoms with E-state index >= 15 is 0 Å². The van der Waals surface area contributed by atoms with Gasteiger partial charge in [-0.2, -0.15) is 0 Å². The van der Waals surface area contributed by atoms with Crippen molar-refractivity contribution in [1.29, 1.82) is 0 Å². The normalized spacial score (nSPS) is 10.1. The number of benzene rings is 1. The van der Waals surface area contributed by atoms with Gasteiger partial charge in [-0.3, -0.25) is 15.0 Å². The molecule has 0 heterocycles. The monoisotopic (exact) mass is 296 g/mol. The Kier molecular flexibility index (Phi) is 6.48. The number of likely N-dealkylation sites (N-methyl/N-ethyl adjacent to an activating group) is 1. The third-order valence-electron chi connectivity index (χ3n) is 2.77. The number of ether oxygens (including phenoxy) is 3. The summed E-state index contributed by atoms with van der Waals surface area (Å²) in [5.74, 6) is 0.814. The SMILES string of the molecule is COC(=O)NC(=O)CN(C)Cc1cccc(OC)c1OC. The second-order valence-corrected chi connectivity index (χ2v) is 4.36. The van der Waals surface area contributed by atoms with Gasteiger partial charge in [-0.25, -0.2) is 4.79 Å². The quantitative estimate of drug-likeness (QED) is 0.844. The van der Waals surface area contributed by atoms with Crippen molar-refractivity contribution in [1.82, 2.24) is 10.2 Å². The summed E-state index contributed by atoms with van der Waals surface area (Å²) in [5.41, 5.74) is 0.880. The number of methoxy groups -OCH3 is 3. The van der Waals surface area contributed by atoms with Crippen LogP contribution in [0.2, 0.25) is 0 Å². The van der Waals surface area contributed by atoms with Gasteiger partial charge in [0.2, 0.25) is 5.91 Å². The smallest absolute Gasteiger partial charge is 0.413 e. The molecule has 0 aliphatic heterocycles. The van der Waals surface area contributed by atoms with Crippen LogP contribution in [-0.2, 0) is 16.1 Å². The van der Waals surface area contributed by atoms with Crippen molar-refractivity contribution in [3.8, 4) is 11.5 Å². The van der Waals surface area contributed by atoms with Gasteiger partial charge in [0.1, 0.15) is 0 Å². The lowest BCUT2D eigenvalue weighted by molar-refractivity contribution is -0.121. The predicted octanol–water partition coefficient (Wildman–Crippen LogP) is 1.02. The van der Waals surface area contributed by atoms with Gasteiger partial charge in [0.25, 0.3) is 0 Å². The molecule has 0 unspecified atom stereocenters. The maximum absolute atomic E-state index is 11.6. The summed E-state index contributed by atoms with van der Waals surface area (Å²) in [4.78, 5) is 24.3. The number of nitrogens with one attached hydrogen (secondary N) is 1. The zero-order valence-electron chi connectivity index (χ0n) is 12.6. The molecule has 0 aliphatic carbocycles. The maximum Gasteiger partial charge on any atom is 0.413 e. The van der Waals surface area contributed by atoms with E-state index in [2.05, 4.69) is 10.1 Å². The highest BCUT2D eigenvalue weighted by Gasteiger charge is 2.14. The summed E-state index contributed by atoms with van der Waals surface area (Å²) in [6, 6.07) is 5.53. The molecular weight excluding hydrogens is 276 g/mol. The second kappa shape index (κ2) is 8.11. The summed E-state index contributed by atoms with van der Waals surface area (Å²) < 4.78 is 14.9. The number of nitrogens with zero attached hydrogens (tertiary/aromatic N) is 1. The minimum atomic E-state index is -0.771. The van der Waals surface area contributed by atoms with Crippen LogP contribution in [0.15, 0.2) is 18.2 Å².